The van der Waals surface area contributed by atoms with Gasteiger partial charge in [-0.1, -0.05) is 12.1 Å². The van der Waals surface area contributed by atoms with Gasteiger partial charge in [-0.25, -0.2) is 4.98 Å². The summed E-state index contributed by atoms with van der Waals surface area (Å²) in [5.41, 5.74) is 4.13. The average Bonchev–Trinajstić information content (AvgIpc) is 3.14. The zero-order valence-electron chi connectivity index (χ0n) is 16.4. The monoisotopic (exact) mass is 368 g/mol. The van der Waals surface area contributed by atoms with Crippen LogP contribution in [-0.2, 0) is 4.74 Å². The summed E-state index contributed by atoms with van der Waals surface area (Å²) in [5.74, 6) is 0.462. The largest absolute Gasteiger partial charge is 0.383 e. The van der Waals surface area contributed by atoms with Gasteiger partial charge < -0.3 is 15.0 Å². The average molecular weight is 368 g/mol. The summed E-state index contributed by atoms with van der Waals surface area (Å²) in [5, 5.41) is 3.09. The van der Waals surface area contributed by atoms with Gasteiger partial charge in [-0.15, -0.1) is 0 Å². The van der Waals surface area contributed by atoms with Gasteiger partial charge in [-0.2, -0.15) is 0 Å². The molecule has 144 valence electrons. The quantitative estimate of drug-likeness (QED) is 0.813. The highest BCUT2D eigenvalue weighted by Gasteiger charge is 2.22. The number of hydrogen-bond donors (Lipinski definition) is 1. The third-order valence-electron chi connectivity index (χ3n) is 5.01. The number of rotatable bonds is 7. The molecule has 0 radical (unpaired) electrons. The fraction of sp³-hybridized carbons (Fsp3) is 0.476. The Hall–Kier alpha value is -2.31. The Bertz CT molecular complexity index is 794. The summed E-state index contributed by atoms with van der Waals surface area (Å²) in [6.45, 7) is 8.36. The Morgan fingerprint density at radius 1 is 1.37 bits per heavy atom. The molecule has 1 N–H and O–H groups in total. The van der Waals surface area contributed by atoms with Crippen molar-refractivity contribution in [3.8, 4) is 11.3 Å². The molecule has 2 aromatic rings. The fourth-order valence-electron chi connectivity index (χ4n) is 3.46. The minimum absolute atomic E-state index is 0.0366. The molecular weight excluding hydrogens is 340 g/mol. The molecule has 1 atom stereocenters. The number of amides is 1. The summed E-state index contributed by atoms with van der Waals surface area (Å²) in [4.78, 5) is 23.9. The molecule has 6 nitrogen and oxygen atoms in total. The molecule has 0 bridgehead atoms. The summed E-state index contributed by atoms with van der Waals surface area (Å²) >= 11 is 0. The van der Waals surface area contributed by atoms with Gasteiger partial charge in [0.15, 0.2) is 0 Å². The van der Waals surface area contributed by atoms with Gasteiger partial charge in [0.1, 0.15) is 0 Å². The molecule has 1 saturated heterocycles. The zero-order valence-corrected chi connectivity index (χ0v) is 16.4. The van der Waals surface area contributed by atoms with E-state index in [1.54, 1.807) is 13.3 Å². The molecule has 0 saturated carbocycles. The van der Waals surface area contributed by atoms with Crippen LogP contribution in [0.4, 0.5) is 0 Å². The van der Waals surface area contributed by atoms with E-state index in [1.165, 1.54) is 0 Å². The first kappa shape index (κ1) is 19.5. The van der Waals surface area contributed by atoms with Gasteiger partial charge in [0, 0.05) is 44.1 Å². The number of carbonyl (C=O) groups excluding carboxylic acids is 1. The molecular formula is C21H28N4O2. The van der Waals surface area contributed by atoms with Gasteiger partial charge in [0.2, 0.25) is 0 Å². The lowest BCUT2D eigenvalue weighted by atomic mass is 10.1. The highest BCUT2D eigenvalue weighted by atomic mass is 16.5. The number of aromatic nitrogens is 2. The van der Waals surface area contributed by atoms with Crippen LogP contribution in [-0.4, -0.2) is 60.7 Å². The Balaban J connectivity index is 1.60. The SMILES string of the molecule is COCCN1CC[C@@H](CNC(=O)c2cccc(-c3nc(C)cnc3C)c2)C1. The number of hydrogen-bond acceptors (Lipinski definition) is 5. The molecule has 1 aliphatic heterocycles. The Morgan fingerprint density at radius 3 is 3.04 bits per heavy atom. The van der Waals surface area contributed by atoms with Crippen LogP contribution in [0.2, 0.25) is 0 Å². The number of carbonyl (C=O) groups is 1. The second-order valence-corrected chi connectivity index (χ2v) is 7.18. The van der Waals surface area contributed by atoms with E-state index in [9.17, 15) is 4.79 Å². The number of ether oxygens (including phenoxy) is 1. The number of likely N-dealkylation sites (tertiary alicyclic amines) is 1. The van der Waals surface area contributed by atoms with Gasteiger partial charge in [-0.05, 0) is 44.9 Å². The highest BCUT2D eigenvalue weighted by molar-refractivity contribution is 5.95. The van der Waals surface area contributed by atoms with Crippen molar-refractivity contribution < 1.29 is 9.53 Å². The van der Waals surface area contributed by atoms with E-state index in [0.717, 1.165) is 55.3 Å². The number of methoxy groups -OCH3 is 1. The lowest BCUT2D eigenvalue weighted by Gasteiger charge is -2.15. The molecule has 2 heterocycles. The maximum Gasteiger partial charge on any atom is 0.251 e. The van der Waals surface area contributed by atoms with Crippen LogP contribution in [0.3, 0.4) is 0 Å². The summed E-state index contributed by atoms with van der Waals surface area (Å²) in [6.07, 6.45) is 2.87. The van der Waals surface area contributed by atoms with Crippen molar-refractivity contribution in [1.82, 2.24) is 20.2 Å². The van der Waals surface area contributed by atoms with Crippen molar-refractivity contribution in [2.75, 3.05) is 39.9 Å². The van der Waals surface area contributed by atoms with Crippen molar-refractivity contribution >= 4 is 5.91 Å². The second-order valence-electron chi connectivity index (χ2n) is 7.18. The topological polar surface area (TPSA) is 67.3 Å². The van der Waals surface area contributed by atoms with Crippen LogP contribution >= 0.6 is 0 Å². The molecule has 0 aliphatic carbocycles. The molecule has 3 rings (SSSR count). The number of benzene rings is 1. The predicted octanol–water partition coefficient (Wildman–Crippen LogP) is 2.46. The van der Waals surface area contributed by atoms with Crippen LogP contribution < -0.4 is 5.32 Å². The van der Waals surface area contributed by atoms with E-state index in [-0.39, 0.29) is 5.91 Å². The number of nitrogens with one attached hydrogen (secondary N) is 1. The van der Waals surface area contributed by atoms with E-state index in [2.05, 4.69) is 20.2 Å². The molecule has 1 aliphatic rings. The van der Waals surface area contributed by atoms with Gasteiger partial charge in [-0.3, -0.25) is 9.78 Å². The lowest BCUT2D eigenvalue weighted by Crippen LogP contribution is -2.31. The molecule has 1 amide bonds. The molecule has 1 aromatic heterocycles. The van der Waals surface area contributed by atoms with Gasteiger partial charge in [0.05, 0.1) is 23.7 Å². The third kappa shape index (κ3) is 5.11. The second kappa shape index (κ2) is 9.06. The zero-order chi connectivity index (χ0) is 19.2. The van der Waals surface area contributed by atoms with Gasteiger partial charge >= 0.3 is 0 Å². The summed E-state index contributed by atoms with van der Waals surface area (Å²) in [7, 11) is 1.73. The molecule has 0 spiro atoms. The van der Waals surface area contributed by atoms with Crippen molar-refractivity contribution in [2.24, 2.45) is 5.92 Å². The van der Waals surface area contributed by atoms with Crippen molar-refractivity contribution in [2.45, 2.75) is 20.3 Å². The highest BCUT2D eigenvalue weighted by Crippen LogP contribution is 2.21. The standard InChI is InChI=1S/C21H28N4O2/c1-15-12-22-16(2)20(24-15)18-5-4-6-19(11-18)21(26)23-13-17-7-8-25(14-17)9-10-27-3/h4-6,11-12,17H,7-10,13-14H2,1-3H3,(H,23,26)/t17-/m0/s1. The first-order chi connectivity index (χ1) is 13.1. The minimum Gasteiger partial charge on any atom is -0.383 e. The molecule has 1 fully saturated rings. The molecule has 27 heavy (non-hydrogen) atoms. The van der Waals surface area contributed by atoms with Crippen LogP contribution in [0.25, 0.3) is 11.3 Å². The summed E-state index contributed by atoms with van der Waals surface area (Å²) in [6, 6.07) is 7.61. The number of aryl methyl sites for hydroxylation is 2. The van der Waals surface area contributed by atoms with E-state index in [0.29, 0.717) is 18.0 Å². The van der Waals surface area contributed by atoms with Crippen molar-refractivity contribution in [1.29, 1.82) is 0 Å². The van der Waals surface area contributed by atoms with E-state index >= 15 is 0 Å². The predicted molar refractivity (Wildman–Crippen MR) is 106 cm³/mol. The van der Waals surface area contributed by atoms with Crippen molar-refractivity contribution in [3.05, 3.63) is 47.4 Å². The smallest absolute Gasteiger partial charge is 0.251 e. The third-order valence-corrected chi connectivity index (χ3v) is 5.01. The molecule has 0 unspecified atom stereocenters. The van der Waals surface area contributed by atoms with Crippen LogP contribution in [0, 0.1) is 19.8 Å². The Labute approximate surface area is 161 Å². The van der Waals surface area contributed by atoms with Crippen molar-refractivity contribution in [3.63, 3.8) is 0 Å². The Morgan fingerprint density at radius 2 is 2.22 bits per heavy atom. The maximum atomic E-state index is 12.6. The summed E-state index contributed by atoms with van der Waals surface area (Å²) < 4.78 is 5.14. The minimum atomic E-state index is -0.0366. The first-order valence-electron chi connectivity index (χ1n) is 9.47. The fourth-order valence-corrected chi connectivity index (χ4v) is 3.46. The molecule has 1 aromatic carbocycles. The normalized spacial score (nSPS) is 17.2. The van der Waals surface area contributed by atoms with E-state index < -0.39 is 0 Å². The van der Waals surface area contributed by atoms with Gasteiger partial charge in [0.25, 0.3) is 5.91 Å². The van der Waals surface area contributed by atoms with E-state index in [1.807, 2.05) is 38.1 Å². The Kier molecular flexibility index (Phi) is 6.53. The first-order valence-corrected chi connectivity index (χ1v) is 9.47. The molecule has 6 heteroatoms. The van der Waals surface area contributed by atoms with Crippen LogP contribution in [0.1, 0.15) is 28.2 Å². The lowest BCUT2D eigenvalue weighted by molar-refractivity contribution is 0.0946. The maximum absolute atomic E-state index is 12.6. The van der Waals surface area contributed by atoms with Crippen LogP contribution in [0.15, 0.2) is 30.5 Å². The van der Waals surface area contributed by atoms with E-state index in [4.69, 9.17) is 4.74 Å². The number of nitrogens with zero attached hydrogens (tertiary/aromatic N) is 3. The van der Waals surface area contributed by atoms with Crippen LogP contribution in [0.5, 0.6) is 0 Å².